The topological polar surface area (TPSA) is 52.9 Å². The molecule has 1 aliphatic carbocycles. The number of benzene rings is 1. The zero-order valence-electron chi connectivity index (χ0n) is 11.8. The van der Waals surface area contributed by atoms with Crippen LogP contribution in [0, 0.1) is 23.7 Å². The number of amides is 1. The summed E-state index contributed by atoms with van der Waals surface area (Å²) in [4.78, 5) is 12.0. The molecule has 3 nitrogen and oxygen atoms in total. The summed E-state index contributed by atoms with van der Waals surface area (Å²) < 4.78 is 0. The van der Waals surface area contributed by atoms with Gasteiger partial charge in [-0.2, -0.15) is 5.26 Å². The average molecular weight is 256 g/mol. The summed E-state index contributed by atoms with van der Waals surface area (Å²) in [6.45, 7) is 6.83. The molecule has 3 heteroatoms. The lowest BCUT2D eigenvalue weighted by Gasteiger charge is -2.26. The number of nitrogens with one attached hydrogen (secondary N) is 1. The van der Waals surface area contributed by atoms with Crippen LogP contribution in [0.15, 0.2) is 24.3 Å². The van der Waals surface area contributed by atoms with Crippen molar-refractivity contribution in [1.82, 2.24) is 5.32 Å². The third kappa shape index (κ3) is 2.78. The summed E-state index contributed by atoms with van der Waals surface area (Å²) in [7, 11) is 0. The van der Waals surface area contributed by atoms with Crippen molar-refractivity contribution in [2.24, 2.45) is 5.41 Å². The summed E-state index contributed by atoms with van der Waals surface area (Å²) >= 11 is 0. The van der Waals surface area contributed by atoms with Crippen LogP contribution in [0.4, 0.5) is 0 Å². The van der Waals surface area contributed by atoms with Crippen LogP contribution in [0.1, 0.15) is 37.8 Å². The highest BCUT2D eigenvalue weighted by Crippen LogP contribution is 2.45. The Hall–Kier alpha value is -1.82. The molecule has 0 unspecified atom stereocenters. The Bertz CT molecular complexity index is 536. The number of nitriles is 1. The van der Waals surface area contributed by atoms with E-state index < -0.39 is 5.41 Å². The maximum Gasteiger partial charge on any atom is 0.240 e. The molecule has 0 saturated heterocycles. The van der Waals surface area contributed by atoms with Crippen LogP contribution in [0.5, 0.6) is 0 Å². The maximum atomic E-state index is 12.0. The molecule has 0 aliphatic heterocycles. The second-order valence-electron chi connectivity index (χ2n) is 6.13. The molecule has 0 radical (unpaired) electrons. The molecule has 1 aromatic rings. The number of hydrogen-bond donors (Lipinski definition) is 1. The second kappa shape index (κ2) is 4.70. The van der Waals surface area contributed by atoms with Crippen molar-refractivity contribution in [3.05, 3.63) is 35.4 Å². The summed E-state index contributed by atoms with van der Waals surface area (Å²) in [5.41, 5.74) is 1.55. The molecule has 0 bridgehead atoms. The second-order valence-corrected chi connectivity index (χ2v) is 6.13. The van der Waals surface area contributed by atoms with Gasteiger partial charge in [-0.1, -0.05) is 43.7 Å². The van der Waals surface area contributed by atoms with Crippen molar-refractivity contribution in [2.75, 3.05) is 6.54 Å². The SMILES string of the molecule is Cc1cccc(C(C)(C)CNC(=O)C2(C#N)CC2)c1. The Morgan fingerprint density at radius 1 is 1.47 bits per heavy atom. The lowest BCUT2D eigenvalue weighted by Crippen LogP contribution is -2.40. The van der Waals surface area contributed by atoms with E-state index in [1.807, 2.05) is 6.07 Å². The first-order valence-corrected chi connectivity index (χ1v) is 6.66. The molecule has 0 heterocycles. The van der Waals surface area contributed by atoms with Crippen LogP contribution >= 0.6 is 0 Å². The number of hydrogen-bond acceptors (Lipinski definition) is 2. The zero-order chi connectivity index (χ0) is 14.1. The molecule has 0 spiro atoms. The highest BCUT2D eigenvalue weighted by molar-refractivity contribution is 5.88. The van der Waals surface area contributed by atoms with Crippen molar-refractivity contribution >= 4 is 5.91 Å². The van der Waals surface area contributed by atoms with Gasteiger partial charge in [-0.25, -0.2) is 0 Å². The largest absolute Gasteiger partial charge is 0.354 e. The third-order valence-corrected chi connectivity index (χ3v) is 3.89. The van der Waals surface area contributed by atoms with E-state index in [-0.39, 0.29) is 11.3 Å². The van der Waals surface area contributed by atoms with Gasteiger partial charge in [0.25, 0.3) is 0 Å². The highest BCUT2D eigenvalue weighted by Gasteiger charge is 2.50. The van der Waals surface area contributed by atoms with Gasteiger partial charge in [-0.15, -0.1) is 0 Å². The van der Waals surface area contributed by atoms with Crippen LogP contribution < -0.4 is 5.32 Å². The number of aryl methyl sites for hydroxylation is 1. The molecule has 0 aromatic heterocycles. The lowest BCUT2D eigenvalue weighted by atomic mass is 9.83. The van der Waals surface area contributed by atoms with E-state index in [2.05, 4.69) is 50.4 Å². The van der Waals surface area contributed by atoms with E-state index >= 15 is 0 Å². The summed E-state index contributed by atoms with van der Waals surface area (Å²) in [6, 6.07) is 10.4. The van der Waals surface area contributed by atoms with E-state index in [9.17, 15) is 4.79 Å². The van der Waals surface area contributed by atoms with Gasteiger partial charge in [-0.05, 0) is 25.3 Å². The monoisotopic (exact) mass is 256 g/mol. The van der Waals surface area contributed by atoms with Gasteiger partial charge in [0.05, 0.1) is 6.07 Å². The van der Waals surface area contributed by atoms with Gasteiger partial charge in [-0.3, -0.25) is 4.79 Å². The van der Waals surface area contributed by atoms with Gasteiger partial charge in [0.2, 0.25) is 5.91 Å². The minimum Gasteiger partial charge on any atom is -0.354 e. The van der Waals surface area contributed by atoms with Crippen LogP contribution in [0.3, 0.4) is 0 Å². The molecule has 1 saturated carbocycles. The highest BCUT2D eigenvalue weighted by atomic mass is 16.2. The third-order valence-electron chi connectivity index (χ3n) is 3.89. The summed E-state index contributed by atoms with van der Waals surface area (Å²) in [5, 5.41) is 11.9. The van der Waals surface area contributed by atoms with Crippen molar-refractivity contribution in [1.29, 1.82) is 5.26 Å². The van der Waals surface area contributed by atoms with Gasteiger partial charge >= 0.3 is 0 Å². The van der Waals surface area contributed by atoms with Crippen molar-refractivity contribution in [2.45, 2.75) is 39.0 Å². The van der Waals surface area contributed by atoms with Gasteiger partial charge in [0.1, 0.15) is 5.41 Å². The number of carbonyl (C=O) groups is 1. The molecular weight excluding hydrogens is 236 g/mol. The molecule has 0 atom stereocenters. The summed E-state index contributed by atoms with van der Waals surface area (Å²) in [5.74, 6) is -0.115. The van der Waals surface area contributed by atoms with Crippen LogP contribution in [0.25, 0.3) is 0 Å². The first-order chi connectivity index (χ1) is 8.89. The van der Waals surface area contributed by atoms with E-state index in [4.69, 9.17) is 5.26 Å². The van der Waals surface area contributed by atoms with E-state index in [1.165, 1.54) is 11.1 Å². The molecule has 1 amide bonds. The van der Waals surface area contributed by atoms with Gasteiger partial charge in [0.15, 0.2) is 0 Å². The first kappa shape index (κ1) is 13.6. The molecule has 2 rings (SSSR count). The zero-order valence-corrected chi connectivity index (χ0v) is 11.8. The fraction of sp³-hybridized carbons (Fsp3) is 0.500. The van der Waals surface area contributed by atoms with Gasteiger partial charge in [0, 0.05) is 12.0 Å². The van der Waals surface area contributed by atoms with Crippen LogP contribution in [-0.4, -0.2) is 12.5 Å². The molecule has 1 fully saturated rings. The van der Waals surface area contributed by atoms with E-state index in [0.29, 0.717) is 19.4 Å². The van der Waals surface area contributed by atoms with Gasteiger partial charge < -0.3 is 5.32 Å². The fourth-order valence-electron chi connectivity index (χ4n) is 2.15. The van der Waals surface area contributed by atoms with E-state index in [1.54, 1.807) is 0 Å². The lowest BCUT2D eigenvalue weighted by molar-refractivity contribution is -0.124. The quantitative estimate of drug-likeness (QED) is 0.900. The Kier molecular flexibility index (Phi) is 3.36. The molecule has 100 valence electrons. The molecule has 1 aliphatic rings. The Morgan fingerprint density at radius 2 is 2.16 bits per heavy atom. The number of carbonyl (C=O) groups excluding carboxylic acids is 1. The number of rotatable bonds is 4. The fourth-order valence-corrected chi connectivity index (χ4v) is 2.15. The van der Waals surface area contributed by atoms with Crippen LogP contribution in [0.2, 0.25) is 0 Å². The van der Waals surface area contributed by atoms with Crippen LogP contribution in [-0.2, 0) is 10.2 Å². The molecule has 1 aromatic carbocycles. The van der Waals surface area contributed by atoms with Crippen molar-refractivity contribution in [3.63, 3.8) is 0 Å². The summed E-state index contributed by atoms with van der Waals surface area (Å²) in [6.07, 6.45) is 1.39. The average Bonchev–Trinajstić information content (AvgIpc) is 3.17. The van der Waals surface area contributed by atoms with Crippen molar-refractivity contribution in [3.8, 4) is 6.07 Å². The maximum absolute atomic E-state index is 12.0. The smallest absolute Gasteiger partial charge is 0.240 e. The Labute approximate surface area is 114 Å². The standard InChI is InChI=1S/C16H20N2O/c1-12-5-4-6-13(9-12)15(2,3)11-18-14(19)16(10-17)7-8-16/h4-6,9H,7-8,11H2,1-3H3,(H,18,19). The molecular formula is C16H20N2O. The van der Waals surface area contributed by atoms with E-state index in [0.717, 1.165) is 0 Å². The predicted octanol–water partition coefficient (Wildman–Crippen LogP) is 2.69. The first-order valence-electron chi connectivity index (χ1n) is 6.66. The molecule has 19 heavy (non-hydrogen) atoms. The minimum absolute atomic E-state index is 0.115. The van der Waals surface area contributed by atoms with Crippen molar-refractivity contribution < 1.29 is 4.79 Å². The normalized spacial score (nSPS) is 16.5. The predicted molar refractivity (Wildman–Crippen MR) is 74.5 cm³/mol. The Balaban J connectivity index is 2.02. The number of nitrogens with zero attached hydrogens (tertiary/aromatic N) is 1. The Morgan fingerprint density at radius 3 is 2.68 bits per heavy atom. The minimum atomic E-state index is -0.733. The molecule has 1 N–H and O–H groups in total.